The van der Waals surface area contributed by atoms with Crippen molar-refractivity contribution in [2.75, 3.05) is 6.61 Å². The number of esters is 1. The first-order valence-corrected chi connectivity index (χ1v) is 6.06. The molecule has 18 heavy (non-hydrogen) atoms. The minimum absolute atomic E-state index is 0.269. The van der Waals surface area contributed by atoms with E-state index in [0.29, 0.717) is 0 Å². The number of ether oxygens (including phenoxy) is 1. The second-order valence-corrected chi connectivity index (χ2v) is 3.76. The lowest BCUT2D eigenvalue weighted by atomic mass is 10.1. The van der Waals surface area contributed by atoms with Crippen LogP contribution in [-0.2, 0) is 16.0 Å². The summed E-state index contributed by atoms with van der Waals surface area (Å²) in [6.07, 6.45) is 4.27. The largest absolute Gasteiger partial charge is 0.460 e. The molecule has 0 aromatic heterocycles. The van der Waals surface area contributed by atoms with Crippen molar-refractivity contribution < 1.29 is 9.53 Å². The number of rotatable bonds is 5. The molecular formula is C14H18N2O2. The molecule has 0 heterocycles. The first kappa shape index (κ1) is 14.1. The maximum atomic E-state index is 11.1. The summed E-state index contributed by atoms with van der Waals surface area (Å²) in [4.78, 5) is 14.8. The highest BCUT2D eigenvalue weighted by Crippen LogP contribution is 2.03. The lowest BCUT2D eigenvalue weighted by Gasteiger charge is -1.99. The zero-order chi connectivity index (χ0) is 13.2. The molecule has 1 aromatic carbocycles. The van der Waals surface area contributed by atoms with Gasteiger partial charge in [0.1, 0.15) is 0 Å². The SMILES string of the molecule is CCOC(=O)C(=N)N=CCCCc1ccccc1. The van der Waals surface area contributed by atoms with Crippen molar-refractivity contribution in [1.82, 2.24) is 0 Å². The summed E-state index contributed by atoms with van der Waals surface area (Å²) in [6.45, 7) is 1.97. The van der Waals surface area contributed by atoms with Gasteiger partial charge in [0, 0.05) is 6.21 Å². The number of aryl methyl sites for hydroxylation is 1. The van der Waals surface area contributed by atoms with Crippen LogP contribution in [0, 0.1) is 5.41 Å². The van der Waals surface area contributed by atoms with Gasteiger partial charge in [-0.3, -0.25) is 5.41 Å². The van der Waals surface area contributed by atoms with E-state index in [4.69, 9.17) is 5.41 Å². The molecule has 0 fully saturated rings. The molecule has 0 aliphatic heterocycles. The van der Waals surface area contributed by atoms with Crippen molar-refractivity contribution in [3.05, 3.63) is 35.9 Å². The topological polar surface area (TPSA) is 62.5 Å². The molecule has 1 rings (SSSR count). The van der Waals surface area contributed by atoms with E-state index in [1.165, 1.54) is 5.56 Å². The number of nitrogens with zero attached hydrogens (tertiary/aromatic N) is 1. The van der Waals surface area contributed by atoms with Crippen molar-refractivity contribution in [2.45, 2.75) is 26.2 Å². The molecule has 96 valence electrons. The lowest BCUT2D eigenvalue weighted by molar-refractivity contribution is -0.135. The Morgan fingerprint density at radius 3 is 2.78 bits per heavy atom. The number of benzene rings is 1. The van der Waals surface area contributed by atoms with E-state index in [9.17, 15) is 4.79 Å². The minimum Gasteiger partial charge on any atom is -0.460 e. The zero-order valence-corrected chi connectivity index (χ0v) is 10.6. The highest BCUT2D eigenvalue weighted by Gasteiger charge is 2.06. The molecule has 1 aromatic rings. The second kappa shape index (κ2) is 8.17. The molecule has 1 N–H and O–H groups in total. The zero-order valence-electron chi connectivity index (χ0n) is 10.6. The van der Waals surface area contributed by atoms with Crippen LogP contribution in [0.15, 0.2) is 35.3 Å². The van der Waals surface area contributed by atoms with E-state index in [-0.39, 0.29) is 12.4 Å². The quantitative estimate of drug-likeness (QED) is 0.375. The van der Waals surface area contributed by atoms with Gasteiger partial charge in [-0.2, -0.15) is 0 Å². The smallest absolute Gasteiger partial charge is 0.375 e. The minimum atomic E-state index is -0.670. The molecule has 0 saturated carbocycles. The molecule has 4 heteroatoms. The van der Waals surface area contributed by atoms with Gasteiger partial charge in [0.2, 0.25) is 5.84 Å². The molecule has 0 atom stereocenters. The monoisotopic (exact) mass is 246 g/mol. The summed E-state index contributed by atoms with van der Waals surface area (Å²) >= 11 is 0. The highest BCUT2D eigenvalue weighted by atomic mass is 16.5. The molecular weight excluding hydrogens is 228 g/mol. The van der Waals surface area contributed by atoms with Crippen molar-refractivity contribution in [2.24, 2.45) is 4.99 Å². The van der Waals surface area contributed by atoms with Crippen LogP contribution in [-0.4, -0.2) is 24.6 Å². The van der Waals surface area contributed by atoms with Gasteiger partial charge in [0.25, 0.3) is 0 Å². The van der Waals surface area contributed by atoms with Crippen LogP contribution < -0.4 is 0 Å². The standard InChI is InChI=1S/C14H18N2O2/c1-2-18-14(17)13(15)16-11-7-6-10-12-8-4-3-5-9-12/h3-5,8-9,11,15H,2,6-7,10H2,1H3. The summed E-state index contributed by atoms with van der Waals surface area (Å²) in [6, 6.07) is 10.2. The number of carbonyl (C=O) groups is 1. The Bertz CT molecular complexity index is 413. The van der Waals surface area contributed by atoms with E-state index >= 15 is 0 Å². The average Bonchev–Trinajstić information content (AvgIpc) is 2.39. The van der Waals surface area contributed by atoms with Crippen molar-refractivity contribution in [3.8, 4) is 0 Å². The van der Waals surface area contributed by atoms with Crippen molar-refractivity contribution in [1.29, 1.82) is 5.41 Å². The first-order chi connectivity index (χ1) is 8.74. The fourth-order valence-corrected chi connectivity index (χ4v) is 1.45. The molecule has 0 unspecified atom stereocenters. The van der Waals surface area contributed by atoms with Crippen LogP contribution in [0.4, 0.5) is 0 Å². The van der Waals surface area contributed by atoms with Gasteiger partial charge in [-0.15, -0.1) is 0 Å². The van der Waals surface area contributed by atoms with E-state index in [0.717, 1.165) is 19.3 Å². The Hall–Kier alpha value is -1.97. The third kappa shape index (κ3) is 5.39. The lowest BCUT2D eigenvalue weighted by Crippen LogP contribution is -2.14. The van der Waals surface area contributed by atoms with Gasteiger partial charge in [-0.25, -0.2) is 9.79 Å². The number of amidine groups is 1. The molecule has 0 aliphatic rings. The van der Waals surface area contributed by atoms with Crippen molar-refractivity contribution >= 4 is 18.0 Å². The Labute approximate surface area is 107 Å². The molecule has 0 spiro atoms. The Morgan fingerprint density at radius 2 is 2.11 bits per heavy atom. The van der Waals surface area contributed by atoms with E-state index in [2.05, 4.69) is 21.9 Å². The summed E-state index contributed by atoms with van der Waals surface area (Å²) in [5.74, 6) is -1.01. The van der Waals surface area contributed by atoms with Crippen LogP contribution in [0.25, 0.3) is 0 Å². The number of hydrogen-bond acceptors (Lipinski definition) is 3. The van der Waals surface area contributed by atoms with Gasteiger partial charge < -0.3 is 4.74 Å². The summed E-state index contributed by atoms with van der Waals surface area (Å²) < 4.78 is 4.65. The Balaban J connectivity index is 2.21. The van der Waals surface area contributed by atoms with Gasteiger partial charge in [-0.1, -0.05) is 30.3 Å². The van der Waals surface area contributed by atoms with Gasteiger partial charge in [0.05, 0.1) is 6.61 Å². The third-order valence-electron chi connectivity index (χ3n) is 2.33. The highest BCUT2D eigenvalue weighted by molar-refractivity contribution is 6.35. The maximum Gasteiger partial charge on any atom is 0.375 e. The van der Waals surface area contributed by atoms with Crippen LogP contribution in [0.5, 0.6) is 0 Å². The van der Waals surface area contributed by atoms with Crippen LogP contribution in [0.1, 0.15) is 25.3 Å². The fraction of sp³-hybridized carbons (Fsp3) is 0.357. The molecule has 0 saturated heterocycles. The van der Waals surface area contributed by atoms with Crippen LogP contribution in [0.3, 0.4) is 0 Å². The van der Waals surface area contributed by atoms with E-state index < -0.39 is 5.97 Å². The summed E-state index contributed by atoms with van der Waals surface area (Å²) in [7, 11) is 0. The number of carbonyl (C=O) groups excluding carboxylic acids is 1. The second-order valence-electron chi connectivity index (χ2n) is 3.76. The molecule has 4 nitrogen and oxygen atoms in total. The molecule has 0 amide bonds. The predicted octanol–water partition coefficient (Wildman–Crippen LogP) is 2.62. The third-order valence-corrected chi connectivity index (χ3v) is 2.33. The Kier molecular flexibility index (Phi) is 6.40. The van der Waals surface area contributed by atoms with Gasteiger partial charge >= 0.3 is 5.97 Å². The average molecular weight is 246 g/mol. The van der Waals surface area contributed by atoms with Crippen molar-refractivity contribution in [3.63, 3.8) is 0 Å². The van der Waals surface area contributed by atoms with E-state index in [1.807, 2.05) is 18.2 Å². The molecule has 0 aliphatic carbocycles. The normalized spacial score (nSPS) is 10.5. The number of aliphatic imine (C=N–C) groups is 1. The summed E-state index contributed by atoms with van der Waals surface area (Å²) in [5.41, 5.74) is 1.28. The van der Waals surface area contributed by atoms with Gasteiger partial charge in [-0.05, 0) is 31.7 Å². The number of unbranched alkanes of at least 4 members (excludes halogenated alkanes) is 1. The Morgan fingerprint density at radius 1 is 1.39 bits per heavy atom. The number of nitrogens with one attached hydrogen (secondary N) is 1. The predicted molar refractivity (Wildman–Crippen MR) is 72.2 cm³/mol. The van der Waals surface area contributed by atoms with E-state index in [1.54, 1.807) is 13.1 Å². The maximum absolute atomic E-state index is 11.1. The van der Waals surface area contributed by atoms with Crippen LogP contribution >= 0.6 is 0 Å². The van der Waals surface area contributed by atoms with Crippen LogP contribution in [0.2, 0.25) is 0 Å². The van der Waals surface area contributed by atoms with Gasteiger partial charge in [0.15, 0.2) is 0 Å². The fourth-order valence-electron chi connectivity index (χ4n) is 1.45. The number of hydrogen-bond donors (Lipinski definition) is 1. The summed E-state index contributed by atoms with van der Waals surface area (Å²) in [5, 5.41) is 7.33. The first-order valence-electron chi connectivity index (χ1n) is 6.06. The molecule has 0 bridgehead atoms. The molecule has 0 radical (unpaired) electrons.